The third-order valence-corrected chi connectivity index (χ3v) is 6.01. The number of nitrogens with one attached hydrogen (secondary N) is 3. The molecule has 1 amide bonds. The van der Waals surface area contributed by atoms with E-state index in [9.17, 15) is 18.7 Å². The topological polar surface area (TPSA) is 138 Å². The van der Waals surface area contributed by atoms with Crippen LogP contribution in [0.3, 0.4) is 0 Å². The molecule has 12 heteroatoms. The second-order valence-corrected chi connectivity index (χ2v) is 9.53. The van der Waals surface area contributed by atoms with Gasteiger partial charge in [0, 0.05) is 23.0 Å². The smallest absolute Gasteiger partial charge is 0.254 e. The zero-order valence-corrected chi connectivity index (χ0v) is 20.8. The summed E-state index contributed by atoms with van der Waals surface area (Å²) in [4.78, 5) is 20.8. The zero-order chi connectivity index (χ0) is 27.1. The molecule has 5 rings (SSSR count). The van der Waals surface area contributed by atoms with Crippen LogP contribution in [0.1, 0.15) is 54.2 Å². The normalized spacial score (nSPS) is 17.6. The Kier molecular flexibility index (Phi) is 6.27. The van der Waals surface area contributed by atoms with Crippen LogP contribution in [-0.2, 0) is 11.4 Å². The predicted octanol–water partition coefficient (Wildman–Crippen LogP) is 4.51. The van der Waals surface area contributed by atoms with Crippen molar-refractivity contribution in [2.45, 2.75) is 38.2 Å². The van der Waals surface area contributed by atoms with Gasteiger partial charge in [0.2, 0.25) is 17.6 Å². The van der Waals surface area contributed by atoms with E-state index in [1.54, 1.807) is 30.3 Å². The summed E-state index contributed by atoms with van der Waals surface area (Å²) >= 11 is 0. The number of carbonyl (C=O) groups excluding carboxylic acids is 1. The van der Waals surface area contributed by atoms with Gasteiger partial charge in [-0.3, -0.25) is 4.79 Å². The van der Waals surface area contributed by atoms with Gasteiger partial charge in [0.25, 0.3) is 11.8 Å². The Morgan fingerprint density at radius 1 is 1.16 bits per heavy atom. The summed E-state index contributed by atoms with van der Waals surface area (Å²) in [5.74, 6) is -2.19. The van der Waals surface area contributed by atoms with Gasteiger partial charge in [-0.05, 0) is 44.5 Å². The van der Waals surface area contributed by atoms with Crippen LogP contribution >= 0.6 is 0 Å². The summed E-state index contributed by atoms with van der Waals surface area (Å²) in [6.07, 6.45) is 1.41. The molecule has 0 aliphatic carbocycles. The van der Waals surface area contributed by atoms with Crippen molar-refractivity contribution in [3.05, 3.63) is 77.3 Å². The van der Waals surface area contributed by atoms with E-state index in [1.165, 1.54) is 39.1 Å². The second-order valence-electron chi connectivity index (χ2n) is 9.53. The number of aromatic nitrogens is 4. The molecule has 4 N–H and O–H groups in total. The summed E-state index contributed by atoms with van der Waals surface area (Å²) in [6, 6.07) is 12.9. The average molecular weight is 522 g/mol. The fourth-order valence-electron chi connectivity index (χ4n) is 4.03. The number of benzene rings is 2. The zero-order valence-electron chi connectivity index (χ0n) is 20.8. The van der Waals surface area contributed by atoms with Crippen LogP contribution in [0.2, 0.25) is 0 Å². The summed E-state index contributed by atoms with van der Waals surface area (Å²) < 4.78 is 34.6. The van der Waals surface area contributed by atoms with Crippen LogP contribution in [-0.4, -0.2) is 37.9 Å². The molecule has 0 fully saturated rings. The highest BCUT2D eigenvalue weighted by Crippen LogP contribution is 2.35. The van der Waals surface area contributed by atoms with Crippen LogP contribution in [0.25, 0.3) is 11.5 Å². The first-order valence-electron chi connectivity index (χ1n) is 11.8. The molecule has 0 spiro atoms. The Balaban J connectivity index is 1.52. The minimum atomic E-state index is -2.01. The Morgan fingerprint density at radius 3 is 2.61 bits per heavy atom. The van der Waals surface area contributed by atoms with Gasteiger partial charge < -0.3 is 25.5 Å². The van der Waals surface area contributed by atoms with Crippen LogP contribution in [0.15, 0.2) is 59.1 Å². The molecule has 0 bridgehead atoms. The fraction of sp³-hybridized carbons (Fsp3) is 0.269. The SMILES string of the molecule is CC(C)(O)c1nnc(-c2cnc(Nc3ccc4c(c3)C(C)(F)NC4=O)nc2N[C@H](CF)c2ccccc2)o1. The van der Waals surface area contributed by atoms with Crippen molar-refractivity contribution < 1.29 is 23.1 Å². The van der Waals surface area contributed by atoms with Crippen LogP contribution in [0.4, 0.5) is 26.2 Å². The molecular weight excluding hydrogens is 496 g/mol. The van der Waals surface area contributed by atoms with Gasteiger partial charge in [0.05, 0.1) is 11.6 Å². The molecule has 4 aromatic rings. The maximum atomic E-state index is 14.8. The van der Waals surface area contributed by atoms with E-state index in [0.29, 0.717) is 11.3 Å². The number of halogens is 2. The number of aliphatic hydroxyl groups is 1. The maximum absolute atomic E-state index is 14.8. The third-order valence-electron chi connectivity index (χ3n) is 6.01. The van der Waals surface area contributed by atoms with E-state index in [-0.39, 0.29) is 40.2 Å². The molecule has 1 unspecified atom stereocenters. The molecule has 10 nitrogen and oxygen atoms in total. The second kappa shape index (κ2) is 9.45. The third kappa shape index (κ3) is 4.90. The quantitative estimate of drug-likeness (QED) is 0.247. The lowest BCUT2D eigenvalue weighted by Crippen LogP contribution is -2.31. The molecule has 0 saturated carbocycles. The Morgan fingerprint density at radius 2 is 1.92 bits per heavy atom. The fourth-order valence-corrected chi connectivity index (χ4v) is 4.03. The van der Waals surface area contributed by atoms with Crippen molar-refractivity contribution in [3.63, 3.8) is 0 Å². The summed E-state index contributed by atoms with van der Waals surface area (Å²) in [6.45, 7) is 3.53. The van der Waals surface area contributed by atoms with Gasteiger partial charge in [-0.25, -0.2) is 13.8 Å². The van der Waals surface area contributed by atoms with Gasteiger partial charge in [-0.15, -0.1) is 10.2 Å². The lowest BCUT2D eigenvalue weighted by Gasteiger charge is -2.19. The van der Waals surface area contributed by atoms with E-state index < -0.39 is 30.0 Å². The molecule has 2 aromatic heterocycles. The molecule has 2 aromatic carbocycles. The number of hydrogen-bond donors (Lipinski definition) is 4. The van der Waals surface area contributed by atoms with Crippen molar-refractivity contribution in [1.29, 1.82) is 0 Å². The molecule has 0 radical (unpaired) electrons. The predicted molar refractivity (Wildman–Crippen MR) is 135 cm³/mol. The van der Waals surface area contributed by atoms with E-state index in [0.717, 1.165) is 0 Å². The highest BCUT2D eigenvalue weighted by molar-refractivity contribution is 6.00. The molecule has 196 valence electrons. The largest absolute Gasteiger partial charge is 0.417 e. The Hall–Kier alpha value is -4.45. The number of hydrogen-bond acceptors (Lipinski definition) is 9. The summed E-state index contributed by atoms with van der Waals surface area (Å²) in [7, 11) is 0. The van der Waals surface area contributed by atoms with E-state index in [1.807, 2.05) is 6.07 Å². The van der Waals surface area contributed by atoms with Crippen LogP contribution in [0.5, 0.6) is 0 Å². The van der Waals surface area contributed by atoms with E-state index >= 15 is 0 Å². The highest BCUT2D eigenvalue weighted by Gasteiger charge is 2.39. The first-order valence-corrected chi connectivity index (χ1v) is 11.8. The molecule has 1 aliphatic rings. The van der Waals surface area contributed by atoms with E-state index in [4.69, 9.17) is 4.42 Å². The molecule has 38 heavy (non-hydrogen) atoms. The minimum Gasteiger partial charge on any atom is -0.417 e. The summed E-state index contributed by atoms with van der Waals surface area (Å²) in [5, 5.41) is 26.5. The lowest BCUT2D eigenvalue weighted by molar-refractivity contribution is 0.0487. The molecular formula is C26H25F2N7O3. The van der Waals surface area contributed by atoms with Crippen LogP contribution in [0, 0.1) is 0 Å². The lowest BCUT2D eigenvalue weighted by atomic mass is 10.0. The van der Waals surface area contributed by atoms with Crippen LogP contribution < -0.4 is 16.0 Å². The molecule has 2 atom stereocenters. The standard InChI is InChI=1S/C26H25F2N7O3/c1-25(2,37)23-35-34-22(38-23)17-13-29-24(32-20(17)31-19(12-27)14-7-5-4-6-8-14)30-15-9-10-16-18(11-15)26(3,28)33-21(16)36/h4-11,13,19,37H,12H2,1-3H3,(H,33,36)(H2,29,30,31,32)/t19-,26?/m1/s1. The van der Waals surface area contributed by atoms with E-state index in [2.05, 4.69) is 36.1 Å². The monoisotopic (exact) mass is 521 g/mol. The number of amides is 1. The number of anilines is 3. The highest BCUT2D eigenvalue weighted by atomic mass is 19.1. The van der Waals surface area contributed by atoms with Gasteiger partial charge in [0.15, 0.2) is 0 Å². The number of carbonyl (C=O) groups is 1. The van der Waals surface area contributed by atoms with Crippen molar-refractivity contribution >= 4 is 23.4 Å². The number of fused-ring (bicyclic) bond motifs is 1. The minimum absolute atomic E-state index is 0.0127. The van der Waals surface area contributed by atoms with Gasteiger partial charge >= 0.3 is 0 Å². The molecule has 1 aliphatic heterocycles. The Labute approximate surface area is 216 Å². The molecule has 3 heterocycles. The van der Waals surface area contributed by atoms with Crippen molar-refractivity contribution in [3.8, 4) is 11.5 Å². The number of nitrogens with zero attached hydrogens (tertiary/aromatic N) is 4. The first-order chi connectivity index (χ1) is 18.0. The van der Waals surface area contributed by atoms with Gasteiger partial charge in [-0.1, -0.05) is 30.3 Å². The van der Waals surface area contributed by atoms with Gasteiger partial charge in [-0.2, -0.15) is 4.98 Å². The molecule has 0 saturated heterocycles. The summed E-state index contributed by atoms with van der Waals surface area (Å²) in [5.41, 5.74) is 0.472. The Bertz CT molecular complexity index is 1490. The van der Waals surface area contributed by atoms with Crippen molar-refractivity contribution in [2.75, 3.05) is 17.3 Å². The maximum Gasteiger partial charge on any atom is 0.254 e. The van der Waals surface area contributed by atoms with Gasteiger partial charge in [0.1, 0.15) is 18.1 Å². The number of rotatable bonds is 8. The van der Waals surface area contributed by atoms with Crippen molar-refractivity contribution in [2.24, 2.45) is 0 Å². The van der Waals surface area contributed by atoms with Crippen molar-refractivity contribution in [1.82, 2.24) is 25.5 Å². The first kappa shape index (κ1) is 25.2. The average Bonchev–Trinajstić information content (AvgIpc) is 3.46. The number of alkyl halides is 2.